The van der Waals surface area contributed by atoms with Crippen LogP contribution in [0.4, 0.5) is 0 Å². The lowest BCUT2D eigenvalue weighted by atomic mass is 9.98. The Labute approximate surface area is 114 Å². The summed E-state index contributed by atoms with van der Waals surface area (Å²) in [4.78, 5) is 0. The summed E-state index contributed by atoms with van der Waals surface area (Å²) >= 11 is 11.9. The van der Waals surface area contributed by atoms with E-state index in [2.05, 4.69) is 20.8 Å². The Morgan fingerprint density at radius 3 is 2.24 bits per heavy atom. The lowest BCUT2D eigenvalue weighted by Crippen LogP contribution is -2.21. The Bertz CT molecular complexity index is 327. The van der Waals surface area contributed by atoms with Crippen molar-refractivity contribution in [1.29, 1.82) is 0 Å². The molecule has 0 bridgehead atoms. The van der Waals surface area contributed by atoms with Gasteiger partial charge < -0.3 is 4.74 Å². The quantitative estimate of drug-likeness (QED) is 0.697. The number of alkyl halides is 1. The average molecular weight is 275 g/mol. The molecule has 1 unspecified atom stereocenters. The lowest BCUT2D eigenvalue weighted by Gasteiger charge is -2.22. The van der Waals surface area contributed by atoms with E-state index in [4.69, 9.17) is 27.9 Å². The summed E-state index contributed by atoms with van der Waals surface area (Å²) in [7, 11) is 0. The molecule has 1 atom stereocenters. The number of rotatable bonds is 5. The van der Waals surface area contributed by atoms with Gasteiger partial charge in [0, 0.05) is 17.5 Å². The van der Waals surface area contributed by atoms with Crippen LogP contribution in [0.25, 0.3) is 0 Å². The Morgan fingerprint density at radius 1 is 1.18 bits per heavy atom. The van der Waals surface area contributed by atoms with E-state index in [1.54, 1.807) is 0 Å². The van der Waals surface area contributed by atoms with E-state index in [1.165, 1.54) is 5.56 Å². The van der Waals surface area contributed by atoms with Crippen molar-refractivity contribution in [3.8, 4) is 0 Å². The highest BCUT2D eigenvalue weighted by Crippen LogP contribution is 2.23. The summed E-state index contributed by atoms with van der Waals surface area (Å²) in [6.45, 7) is 6.91. The molecule has 0 amide bonds. The minimum absolute atomic E-state index is 0.0864. The molecule has 0 aliphatic carbocycles. The third-order valence-corrected chi connectivity index (χ3v) is 3.15. The summed E-state index contributed by atoms with van der Waals surface area (Å²) in [5.41, 5.74) is 1.14. The van der Waals surface area contributed by atoms with E-state index in [-0.39, 0.29) is 5.60 Å². The van der Waals surface area contributed by atoms with Gasteiger partial charge in [-0.15, -0.1) is 11.6 Å². The zero-order chi connectivity index (χ0) is 12.9. The van der Waals surface area contributed by atoms with Crippen molar-refractivity contribution in [2.75, 3.05) is 12.5 Å². The molecule has 0 N–H and O–H groups in total. The maximum atomic E-state index is 6.00. The number of hydrogen-bond acceptors (Lipinski definition) is 1. The van der Waals surface area contributed by atoms with Gasteiger partial charge in [0.25, 0.3) is 0 Å². The van der Waals surface area contributed by atoms with Gasteiger partial charge >= 0.3 is 0 Å². The van der Waals surface area contributed by atoms with Gasteiger partial charge in [-0.25, -0.2) is 0 Å². The van der Waals surface area contributed by atoms with Crippen LogP contribution in [0.15, 0.2) is 24.3 Å². The second kappa shape index (κ2) is 6.63. The van der Waals surface area contributed by atoms with Crippen molar-refractivity contribution in [3.63, 3.8) is 0 Å². The number of hydrogen-bond donors (Lipinski definition) is 0. The van der Waals surface area contributed by atoms with Crippen molar-refractivity contribution >= 4 is 23.2 Å². The van der Waals surface area contributed by atoms with Crippen LogP contribution < -0.4 is 0 Å². The fourth-order valence-corrected chi connectivity index (χ4v) is 2.03. The minimum atomic E-state index is -0.0864. The zero-order valence-electron chi connectivity index (χ0n) is 10.7. The maximum Gasteiger partial charge on any atom is 0.0598 e. The van der Waals surface area contributed by atoms with Gasteiger partial charge in [-0.05, 0) is 50.8 Å². The number of ether oxygens (including phenoxy) is 1. The van der Waals surface area contributed by atoms with Crippen LogP contribution in [0, 0.1) is 0 Å². The van der Waals surface area contributed by atoms with E-state index >= 15 is 0 Å². The first-order chi connectivity index (χ1) is 7.92. The first kappa shape index (κ1) is 14.8. The van der Waals surface area contributed by atoms with Crippen LogP contribution >= 0.6 is 23.2 Å². The van der Waals surface area contributed by atoms with Gasteiger partial charge in [0.15, 0.2) is 0 Å². The molecular weight excluding hydrogens is 255 g/mol. The zero-order valence-corrected chi connectivity index (χ0v) is 12.2. The molecule has 3 heteroatoms. The minimum Gasteiger partial charge on any atom is -0.376 e. The second-order valence-corrected chi connectivity index (χ2v) is 5.90. The van der Waals surface area contributed by atoms with Gasteiger partial charge in [-0.1, -0.05) is 23.7 Å². The van der Waals surface area contributed by atoms with Crippen LogP contribution in [-0.2, 0) is 4.74 Å². The third-order valence-electron chi connectivity index (χ3n) is 2.53. The van der Waals surface area contributed by atoms with Gasteiger partial charge in [0.1, 0.15) is 0 Å². The smallest absolute Gasteiger partial charge is 0.0598 e. The van der Waals surface area contributed by atoms with Crippen molar-refractivity contribution in [2.24, 2.45) is 0 Å². The molecule has 1 rings (SSSR count). The highest BCUT2D eigenvalue weighted by molar-refractivity contribution is 6.30. The largest absolute Gasteiger partial charge is 0.376 e. The van der Waals surface area contributed by atoms with Crippen LogP contribution in [-0.4, -0.2) is 18.1 Å². The van der Waals surface area contributed by atoms with Crippen molar-refractivity contribution in [3.05, 3.63) is 34.9 Å². The molecule has 17 heavy (non-hydrogen) atoms. The van der Waals surface area contributed by atoms with Crippen LogP contribution in [0.2, 0.25) is 5.02 Å². The molecule has 0 radical (unpaired) electrons. The van der Waals surface area contributed by atoms with E-state index in [0.29, 0.717) is 11.8 Å². The Balaban J connectivity index is 2.51. The molecule has 1 nitrogen and oxygen atoms in total. The SMILES string of the molecule is CC(C)(C)OCCC(CCl)c1ccc(Cl)cc1. The molecule has 0 heterocycles. The van der Waals surface area contributed by atoms with E-state index in [0.717, 1.165) is 18.1 Å². The fourth-order valence-electron chi connectivity index (χ4n) is 1.58. The Hall–Kier alpha value is -0.240. The molecule has 0 aliphatic heterocycles. The lowest BCUT2D eigenvalue weighted by molar-refractivity contribution is -0.00565. The van der Waals surface area contributed by atoms with Crippen LogP contribution in [0.1, 0.15) is 38.7 Å². The molecule has 1 aromatic rings. The first-order valence-electron chi connectivity index (χ1n) is 5.88. The molecule has 0 aliphatic rings. The summed E-state index contributed by atoms with van der Waals surface area (Å²) < 4.78 is 5.72. The van der Waals surface area contributed by atoms with E-state index < -0.39 is 0 Å². The third kappa shape index (κ3) is 5.76. The van der Waals surface area contributed by atoms with E-state index in [1.807, 2.05) is 24.3 Å². The topological polar surface area (TPSA) is 9.23 Å². The highest BCUT2D eigenvalue weighted by Gasteiger charge is 2.14. The van der Waals surface area contributed by atoms with Crippen LogP contribution in [0.3, 0.4) is 0 Å². The molecule has 1 aromatic carbocycles. The Morgan fingerprint density at radius 2 is 1.76 bits per heavy atom. The van der Waals surface area contributed by atoms with Gasteiger partial charge in [-0.2, -0.15) is 0 Å². The second-order valence-electron chi connectivity index (χ2n) is 5.15. The van der Waals surface area contributed by atoms with Crippen molar-refractivity contribution in [2.45, 2.75) is 38.7 Å². The molecule has 0 fully saturated rings. The summed E-state index contributed by atoms with van der Waals surface area (Å²) in [5, 5.41) is 0.757. The van der Waals surface area contributed by atoms with Gasteiger partial charge in [-0.3, -0.25) is 0 Å². The monoisotopic (exact) mass is 274 g/mol. The number of halogens is 2. The normalized spacial score (nSPS) is 13.7. The van der Waals surface area contributed by atoms with Gasteiger partial charge in [0.2, 0.25) is 0 Å². The van der Waals surface area contributed by atoms with Crippen molar-refractivity contribution < 1.29 is 4.74 Å². The van der Waals surface area contributed by atoms with E-state index in [9.17, 15) is 0 Å². The van der Waals surface area contributed by atoms with Crippen LogP contribution in [0.5, 0.6) is 0 Å². The summed E-state index contributed by atoms with van der Waals surface area (Å²) in [5.74, 6) is 0.936. The number of benzene rings is 1. The van der Waals surface area contributed by atoms with Crippen molar-refractivity contribution in [1.82, 2.24) is 0 Å². The standard InChI is InChI=1S/C14H20Cl2O/c1-14(2,3)17-9-8-12(10-15)11-4-6-13(16)7-5-11/h4-7,12H,8-10H2,1-3H3. The molecular formula is C14H20Cl2O. The fraction of sp³-hybridized carbons (Fsp3) is 0.571. The van der Waals surface area contributed by atoms with Gasteiger partial charge in [0.05, 0.1) is 5.60 Å². The predicted molar refractivity (Wildman–Crippen MR) is 75.2 cm³/mol. The molecule has 0 saturated carbocycles. The summed E-state index contributed by atoms with van der Waals surface area (Å²) in [6, 6.07) is 7.88. The molecule has 0 aromatic heterocycles. The molecule has 96 valence electrons. The molecule has 0 spiro atoms. The average Bonchev–Trinajstić information content (AvgIpc) is 2.24. The Kier molecular flexibility index (Phi) is 5.78. The maximum absolute atomic E-state index is 6.00. The predicted octanol–water partition coefficient (Wildman–Crippen LogP) is 4.87. The first-order valence-corrected chi connectivity index (χ1v) is 6.79. The molecule has 0 saturated heterocycles. The highest BCUT2D eigenvalue weighted by atomic mass is 35.5. The summed E-state index contributed by atoms with van der Waals surface area (Å²) in [6.07, 6.45) is 0.933.